The van der Waals surface area contributed by atoms with E-state index in [1.165, 1.54) is 4.90 Å². The van der Waals surface area contributed by atoms with Gasteiger partial charge in [0, 0.05) is 6.07 Å². The second-order valence-electron chi connectivity index (χ2n) is 8.23. The number of nitrogens with zero attached hydrogens (tertiary/aromatic N) is 2. The minimum atomic E-state index is -0.889. The van der Waals surface area contributed by atoms with E-state index in [2.05, 4.69) is 6.07 Å². The van der Waals surface area contributed by atoms with Gasteiger partial charge in [-0.3, -0.25) is 14.4 Å². The number of carbonyl (C=O) groups is 2. The van der Waals surface area contributed by atoms with Crippen LogP contribution in [0.3, 0.4) is 0 Å². The van der Waals surface area contributed by atoms with Crippen molar-refractivity contribution in [1.82, 2.24) is 0 Å². The first-order valence-corrected chi connectivity index (χ1v) is 10.6. The molecule has 0 unspecified atom stereocenters. The second-order valence-corrected chi connectivity index (χ2v) is 8.23. The standard InChI is InChI=1S/C26H24N2O4/c1-16-12-13-21(17(2)14-16)23-22-24(32-28(23)18-8-5-4-6-9-18)26(30)27(25(22)29)19-10-7-11-20(15-19)31-3/h4-15,22-24H,1-3H3/t22-,23-,24-/m1/s1. The van der Waals surface area contributed by atoms with Crippen molar-refractivity contribution in [3.8, 4) is 5.75 Å². The summed E-state index contributed by atoms with van der Waals surface area (Å²) in [7, 11) is 1.55. The molecule has 2 fully saturated rings. The number of hydrogen-bond acceptors (Lipinski definition) is 5. The van der Waals surface area contributed by atoms with E-state index in [0.29, 0.717) is 11.4 Å². The van der Waals surface area contributed by atoms with E-state index in [1.807, 2.05) is 56.3 Å². The Labute approximate surface area is 186 Å². The summed E-state index contributed by atoms with van der Waals surface area (Å²) in [6.07, 6.45) is -0.889. The first-order valence-electron chi connectivity index (χ1n) is 10.6. The molecule has 0 aromatic heterocycles. The Morgan fingerprint density at radius 1 is 0.844 bits per heavy atom. The number of hydroxylamine groups is 1. The Kier molecular flexibility index (Phi) is 4.94. The second kappa shape index (κ2) is 7.80. The fourth-order valence-electron chi connectivity index (χ4n) is 4.69. The van der Waals surface area contributed by atoms with Gasteiger partial charge in [-0.1, -0.05) is 48.0 Å². The summed E-state index contributed by atoms with van der Waals surface area (Å²) in [4.78, 5) is 34.5. The summed E-state index contributed by atoms with van der Waals surface area (Å²) < 4.78 is 5.28. The zero-order valence-electron chi connectivity index (χ0n) is 18.2. The molecule has 0 bridgehead atoms. The van der Waals surface area contributed by atoms with Gasteiger partial charge in [0.2, 0.25) is 5.91 Å². The number of aryl methyl sites for hydroxylation is 2. The third kappa shape index (κ3) is 3.15. The predicted octanol–water partition coefficient (Wildman–Crippen LogP) is 4.36. The van der Waals surface area contributed by atoms with Gasteiger partial charge in [0.15, 0.2) is 6.10 Å². The summed E-state index contributed by atoms with van der Waals surface area (Å²) in [5, 5.41) is 1.73. The van der Waals surface area contributed by atoms with Crippen LogP contribution in [0.15, 0.2) is 72.8 Å². The molecule has 2 heterocycles. The molecule has 3 aromatic rings. The molecule has 3 aromatic carbocycles. The van der Waals surface area contributed by atoms with Gasteiger partial charge in [-0.25, -0.2) is 9.96 Å². The first-order chi connectivity index (χ1) is 15.5. The van der Waals surface area contributed by atoms with Gasteiger partial charge in [0.25, 0.3) is 5.91 Å². The van der Waals surface area contributed by atoms with E-state index in [4.69, 9.17) is 9.57 Å². The third-order valence-corrected chi connectivity index (χ3v) is 6.18. The number of para-hydroxylation sites is 1. The number of amides is 2. The molecule has 0 spiro atoms. The molecule has 32 heavy (non-hydrogen) atoms. The van der Waals surface area contributed by atoms with Crippen molar-refractivity contribution in [3.05, 3.63) is 89.5 Å². The lowest BCUT2D eigenvalue weighted by molar-refractivity contribution is -0.126. The molecule has 5 rings (SSSR count). The smallest absolute Gasteiger partial charge is 0.266 e. The number of fused-ring (bicyclic) bond motifs is 1. The lowest BCUT2D eigenvalue weighted by Crippen LogP contribution is -2.37. The summed E-state index contributed by atoms with van der Waals surface area (Å²) in [5.74, 6) is -0.702. The fraction of sp³-hybridized carbons (Fsp3) is 0.231. The van der Waals surface area contributed by atoms with Gasteiger partial charge in [-0.2, -0.15) is 0 Å². The number of benzene rings is 3. The average molecular weight is 428 g/mol. The van der Waals surface area contributed by atoms with Crippen LogP contribution < -0.4 is 14.7 Å². The van der Waals surface area contributed by atoms with E-state index in [0.717, 1.165) is 22.4 Å². The molecule has 2 saturated heterocycles. The molecule has 2 aliphatic heterocycles. The maximum atomic E-state index is 13.7. The van der Waals surface area contributed by atoms with E-state index >= 15 is 0 Å². The number of anilines is 2. The molecule has 2 amide bonds. The molecule has 162 valence electrons. The van der Waals surface area contributed by atoms with E-state index in [-0.39, 0.29) is 11.8 Å². The molecular formula is C26H24N2O4. The van der Waals surface area contributed by atoms with Crippen LogP contribution in [0.5, 0.6) is 5.75 Å². The molecule has 6 heteroatoms. The molecular weight excluding hydrogens is 404 g/mol. The van der Waals surface area contributed by atoms with Crippen LogP contribution in [0.4, 0.5) is 11.4 Å². The van der Waals surface area contributed by atoms with Crippen molar-refractivity contribution >= 4 is 23.2 Å². The monoisotopic (exact) mass is 428 g/mol. The normalized spacial score (nSPS) is 22.4. The highest BCUT2D eigenvalue weighted by Crippen LogP contribution is 2.48. The van der Waals surface area contributed by atoms with Crippen LogP contribution >= 0.6 is 0 Å². The fourth-order valence-corrected chi connectivity index (χ4v) is 4.69. The zero-order valence-corrected chi connectivity index (χ0v) is 18.2. The lowest BCUT2D eigenvalue weighted by Gasteiger charge is -2.29. The van der Waals surface area contributed by atoms with Gasteiger partial charge >= 0.3 is 0 Å². The van der Waals surface area contributed by atoms with Crippen LogP contribution in [0.2, 0.25) is 0 Å². The average Bonchev–Trinajstić information content (AvgIpc) is 3.30. The van der Waals surface area contributed by atoms with Crippen molar-refractivity contribution in [3.63, 3.8) is 0 Å². The predicted molar refractivity (Wildman–Crippen MR) is 121 cm³/mol. The van der Waals surface area contributed by atoms with Gasteiger partial charge in [0.05, 0.1) is 24.5 Å². The van der Waals surface area contributed by atoms with Crippen LogP contribution in [-0.2, 0) is 14.4 Å². The zero-order chi connectivity index (χ0) is 22.4. The lowest BCUT2D eigenvalue weighted by atomic mass is 9.87. The largest absolute Gasteiger partial charge is 0.497 e. The van der Waals surface area contributed by atoms with Gasteiger partial charge in [-0.05, 0) is 49.2 Å². The molecule has 3 atom stereocenters. The SMILES string of the molecule is COc1cccc(N2C(=O)[C@@H]3[C@@H](c4ccc(C)cc4C)N(c4ccccc4)O[C@H]3C2=O)c1. The molecule has 2 aliphatic rings. The maximum absolute atomic E-state index is 13.7. The van der Waals surface area contributed by atoms with Gasteiger partial charge in [0.1, 0.15) is 11.7 Å². The molecule has 0 aliphatic carbocycles. The van der Waals surface area contributed by atoms with Crippen LogP contribution in [0.1, 0.15) is 22.7 Å². The maximum Gasteiger partial charge on any atom is 0.266 e. The third-order valence-electron chi connectivity index (χ3n) is 6.18. The van der Waals surface area contributed by atoms with E-state index in [1.54, 1.807) is 36.4 Å². The number of ether oxygens (including phenoxy) is 1. The minimum Gasteiger partial charge on any atom is -0.497 e. The quantitative estimate of drug-likeness (QED) is 0.578. The number of methoxy groups -OCH3 is 1. The van der Waals surface area contributed by atoms with Crippen molar-refractivity contribution in [2.45, 2.75) is 26.0 Å². The highest BCUT2D eigenvalue weighted by Gasteiger charge is 2.60. The van der Waals surface area contributed by atoms with Gasteiger partial charge < -0.3 is 4.74 Å². The van der Waals surface area contributed by atoms with E-state index in [9.17, 15) is 9.59 Å². The number of rotatable bonds is 4. The highest BCUT2D eigenvalue weighted by atomic mass is 16.7. The summed E-state index contributed by atoms with van der Waals surface area (Å²) >= 11 is 0. The Bertz CT molecular complexity index is 1190. The Morgan fingerprint density at radius 3 is 2.31 bits per heavy atom. The number of imide groups is 1. The number of hydrogen-bond donors (Lipinski definition) is 0. The molecule has 0 N–H and O–H groups in total. The van der Waals surface area contributed by atoms with E-state index < -0.39 is 18.1 Å². The van der Waals surface area contributed by atoms with Crippen LogP contribution in [-0.4, -0.2) is 25.0 Å². The summed E-state index contributed by atoms with van der Waals surface area (Å²) in [5.41, 5.74) is 4.46. The highest BCUT2D eigenvalue weighted by molar-refractivity contribution is 6.24. The Balaban J connectivity index is 1.60. The topological polar surface area (TPSA) is 59.1 Å². The van der Waals surface area contributed by atoms with Crippen molar-refractivity contribution in [2.75, 3.05) is 17.1 Å². The van der Waals surface area contributed by atoms with Crippen molar-refractivity contribution in [1.29, 1.82) is 0 Å². The van der Waals surface area contributed by atoms with Crippen LogP contribution in [0, 0.1) is 19.8 Å². The van der Waals surface area contributed by atoms with Crippen molar-refractivity contribution in [2.24, 2.45) is 5.92 Å². The Morgan fingerprint density at radius 2 is 1.59 bits per heavy atom. The molecule has 0 saturated carbocycles. The summed E-state index contributed by atoms with van der Waals surface area (Å²) in [6, 6.07) is 22.3. The van der Waals surface area contributed by atoms with Crippen LogP contribution in [0.25, 0.3) is 0 Å². The molecule has 6 nitrogen and oxygen atoms in total. The Hall–Kier alpha value is -3.64. The first kappa shape index (κ1) is 20.3. The minimum absolute atomic E-state index is 0.267. The number of carbonyl (C=O) groups excluding carboxylic acids is 2. The van der Waals surface area contributed by atoms with Crippen molar-refractivity contribution < 1.29 is 19.2 Å². The molecule has 0 radical (unpaired) electrons. The van der Waals surface area contributed by atoms with Gasteiger partial charge in [-0.15, -0.1) is 0 Å². The summed E-state index contributed by atoms with van der Waals surface area (Å²) in [6.45, 7) is 4.06.